The third-order valence-electron chi connectivity index (χ3n) is 4.40. The third kappa shape index (κ3) is 7.29. The first-order valence-electron chi connectivity index (χ1n) is 9.81. The molecule has 0 amide bonds. The first-order valence-corrected chi connectivity index (χ1v) is 10.3. The lowest BCUT2D eigenvalue weighted by Gasteiger charge is -2.19. The van der Waals surface area contributed by atoms with Gasteiger partial charge in [-0.25, -0.2) is 14.6 Å². The largest absolute Gasteiger partial charge is 0.454 e. The molecule has 1 aromatic rings. The van der Waals surface area contributed by atoms with Crippen molar-refractivity contribution in [3.63, 3.8) is 0 Å². The minimum absolute atomic E-state index is 0.0119. The second-order valence-electron chi connectivity index (χ2n) is 8.06. The van der Waals surface area contributed by atoms with Gasteiger partial charge in [0.2, 0.25) is 0 Å². The standard InChI is InChI=1S/C21H27N5O4S/c1-6-17(23-12-13(2)11-22)24-18-10-16(14-7-8-15(9-14)29-20(28)31)25-26(18)19(27)30-21(3,4)5/h6,10,12,14-15,24H,2,7-9H2,1,3-5H3,(H,28,31)/b17-6+,23-12-. The molecule has 1 aromatic heterocycles. The Labute approximate surface area is 187 Å². The third-order valence-corrected chi connectivity index (χ3v) is 4.50. The van der Waals surface area contributed by atoms with Crippen molar-refractivity contribution in [3.05, 3.63) is 35.8 Å². The van der Waals surface area contributed by atoms with Gasteiger partial charge in [0.05, 0.1) is 11.3 Å². The molecule has 0 spiro atoms. The molecular formula is C21H27N5O4S. The minimum Gasteiger partial charge on any atom is -0.454 e. The normalized spacial score (nSPS) is 19.2. The molecule has 166 valence electrons. The van der Waals surface area contributed by atoms with Gasteiger partial charge in [-0.15, -0.1) is 4.68 Å². The zero-order valence-electron chi connectivity index (χ0n) is 18.1. The number of hydrogen-bond donors (Lipinski definition) is 2. The highest BCUT2D eigenvalue weighted by Crippen LogP contribution is 2.37. The molecule has 1 aliphatic carbocycles. The molecule has 0 aromatic carbocycles. The Kier molecular flexibility index (Phi) is 8.05. The van der Waals surface area contributed by atoms with Gasteiger partial charge in [-0.1, -0.05) is 19.2 Å². The van der Waals surface area contributed by atoms with Gasteiger partial charge < -0.3 is 14.8 Å². The Morgan fingerprint density at radius 1 is 1.45 bits per heavy atom. The molecule has 0 aliphatic heterocycles. The van der Waals surface area contributed by atoms with E-state index in [1.807, 2.05) is 6.07 Å². The van der Waals surface area contributed by atoms with Crippen molar-refractivity contribution in [1.29, 1.82) is 5.26 Å². The molecule has 2 unspecified atom stereocenters. The monoisotopic (exact) mass is 445 g/mol. The van der Waals surface area contributed by atoms with Crippen molar-refractivity contribution >= 4 is 36.1 Å². The van der Waals surface area contributed by atoms with E-state index in [4.69, 9.17) is 14.7 Å². The lowest BCUT2D eigenvalue weighted by atomic mass is 10.0. The first-order chi connectivity index (χ1) is 14.5. The molecule has 2 atom stereocenters. The van der Waals surface area contributed by atoms with Gasteiger partial charge in [-0.2, -0.15) is 10.4 Å². The number of ether oxygens (including phenoxy) is 2. The van der Waals surface area contributed by atoms with Crippen LogP contribution in [0.2, 0.25) is 0 Å². The molecule has 31 heavy (non-hydrogen) atoms. The van der Waals surface area contributed by atoms with E-state index in [-0.39, 0.29) is 17.6 Å². The topological polar surface area (TPSA) is 119 Å². The number of nitrogens with one attached hydrogen (secondary N) is 1. The number of carbonyl (C=O) groups excluding carboxylic acids is 2. The number of rotatable bonds is 6. The molecule has 0 radical (unpaired) electrons. The van der Waals surface area contributed by atoms with Gasteiger partial charge in [-0.3, -0.25) is 0 Å². The summed E-state index contributed by atoms with van der Waals surface area (Å²) in [6.45, 7) is 10.6. The van der Waals surface area contributed by atoms with E-state index in [9.17, 15) is 9.59 Å². The van der Waals surface area contributed by atoms with Crippen molar-refractivity contribution in [2.75, 3.05) is 5.32 Å². The van der Waals surface area contributed by atoms with Gasteiger partial charge in [-0.05, 0) is 53.0 Å². The molecule has 1 heterocycles. The summed E-state index contributed by atoms with van der Waals surface area (Å²) in [5.74, 6) is 0.783. The molecule has 10 heteroatoms. The second-order valence-corrected chi connectivity index (χ2v) is 8.42. The lowest BCUT2D eigenvalue weighted by Crippen LogP contribution is -2.28. The van der Waals surface area contributed by atoms with Crippen LogP contribution in [-0.4, -0.2) is 39.1 Å². The number of nitriles is 1. The van der Waals surface area contributed by atoms with Crippen LogP contribution in [0.5, 0.6) is 0 Å². The van der Waals surface area contributed by atoms with E-state index in [0.717, 1.165) is 11.1 Å². The van der Waals surface area contributed by atoms with Crippen molar-refractivity contribution in [1.82, 2.24) is 9.78 Å². The second kappa shape index (κ2) is 10.3. The van der Waals surface area contributed by atoms with Crippen LogP contribution in [-0.2, 0) is 9.47 Å². The van der Waals surface area contributed by atoms with E-state index >= 15 is 0 Å². The lowest BCUT2D eigenvalue weighted by molar-refractivity contribution is 0.0517. The fraction of sp³-hybridized carbons (Fsp3) is 0.476. The predicted molar refractivity (Wildman–Crippen MR) is 120 cm³/mol. The summed E-state index contributed by atoms with van der Waals surface area (Å²) in [5, 5.41) is 15.7. The maximum Gasteiger partial charge on any atom is 0.437 e. The van der Waals surface area contributed by atoms with Crippen LogP contribution in [0.25, 0.3) is 0 Å². The van der Waals surface area contributed by atoms with E-state index in [2.05, 4.69) is 34.6 Å². The summed E-state index contributed by atoms with van der Waals surface area (Å²) in [6, 6.07) is 3.64. The van der Waals surface area contributed by atoms with Crippen molar-refractivity contribution in [2.24, 2.45) is 4.99 Å². The SMILES string of the molecule is C=C(C#N)/C=N\C(=C/C)Nc1cc(C2CCC(OC(=O)S)C2)nn1C(=O)OC(C)(C)C. The molecule has 9 nitrogen and oxygen atoms in total. The Morgan fingerprint density at radius 2 is 2.16 bits per heavy atom. The van der Waals surface area contributed by atoms with Gasteiger partial charge in [0.15, 0.2) is 0 Å². The summed E-state index contributed by atoms with van der Waals surface area (Å²) < 4.78 is 11.8. The summed E-state index contributed by atoms with van der Waals surface area (Å²) in [6.07, 6.45) is 4.18. The highest BCUT2D eigenvalue weighted by Gasteiger charge is 2.31. The molecule has 1 aliphatic rings. The molecule has 1 N–H and O–H groups in total. The molecule has 1 saturated carbocycles. The Hall–Kier alpha value is -3.06. The zero-order valence-corrected chi connectivity index (χ0v) is 19.0. The molecule has 0 bridgehead atoms. The van der Waals surface area contributed by atoms with Gasteiger partial charge in [0.1, 0.15) is 29.4 Å². The number of carbonyl (C=O) groups is 2. The molecule has 0 saturated heterocycles. The summed E-state index contributed by atoms with van der Waals surface area (Å²) in [4.78, 5) is 28.0. The highest BCUT2D eigenvalue weighted by atomic mass is 32.1. The van der Waals surface area contributed by atoms with Crippen molar-refractivity contribution in [3.8, 4) is 6.07 Å². The van der Waals surface area contributed by atoms with Gasteiger partial charge in [0.25, 0.3) is 0 Å². The minimum atomic E-state index is -0.703. The summed E-state index contributed by atoms with van der Waals surface area (Å²) in [7, 11) is 0. The van der Waals surface area contributed by atoms with Crippen molar-refractivity contribution in [2.45, 2.75) is 64.6 Å². The van der Waals surface area contributed by atoms with E-state index in [1.54, 1.807) is 39.8 Å². The average molecular weight is 446 g/mol. The summed E-state index contributed by atoms with van der Waals surface area (Å²) in [5.41, 5.74) is 0.163. The number of hydrogen-bond acceptors (Lipinski definition) is 8. The van der Waals surface area contributed by atoms with Crippen LogP contribution in [0.4, 0.5) is 15.4 Å². The zero-order chi connectivity index (χ0) is 23.2. The Morgan fingerprint density at radius 3 is 2.74 bits per heavy atom. The highest BCUT2D eigenvalue weighted by molar-refractivity contribution is 7.96. The maximum atomic E-state index is 12.7. The van der Waals surface area contributed by atoms with Crippen LogP contribution in [0.1, 0.15) is 58.6 Å². The number of thiol groups is 1. The maximum absolute atomic E-state index is 12.7. The van der Waals surface area contributed by atoms with Gasteiger partial charge >= 0.3 is 11.4 Å². The first kappa shape index (κ1) is 24.2. The molecular weight excluding hydrogens is 418 g/mol. The van der Waals surface area contributed by atoms with Crippen LogP contribution < -0.4 is 5.32 Å². The Balaban J connectivity index is 2.31. The van der Waals surface area contributed by atoms with Crippen LogP contribution >= 0.6 is 12.6 Å². The van der Waals surface area contributed by atoms with Crippen LogP contribution in [0.3, 0.4) is 0 Å². The van der Waals surface area contributed by atoms with Gasteiger partial charge in [0, 0.05) is 18.2 Å². The number of nitrogens with zero attached hydrogens (tertiary/aromatic N) is 4. The molecule has 2 rings (SSSR count). The fourth-order valence-electron chi connectivity index (χ4n) is 3.08. The Bertz CT molecular complexity index is 952. The fourth-order valence-corrected chi connectivity index (χ4v) is 3.23. The predicted octanol–water partition coefficient (Wildman–Crippen LogP) is 4.79. The van der Waals surface area contributed by atoms with Crippen LogP contribution in [0, 0.1) is 11.3 Å². The number of aromatic nitrogens is 2. The summed E-state index contributed by atoms with van der Waals surface area (Å²) >= 11 is 3.67. The van der Waals surface area contributed by atoms with Crippen LogP contribution in [0.15, 0.2) is 35.1 Å². The smallest absolute Gasteiger partial charge is 0.437 e. The van der Waals surface area contributed by atoms with Crippen molar-refractivity contribution < 1.29 is 19.1 Å². The average Bonchev–Trinajstić information content (AvgIpc) is 3.29. The van der Waals surface area contributed by atoms with E-state index in [0.29, 0.717) is 30.2 Å². The molecule has 1 fully saturated rings. The number of allylic oxidation sites excluding steroid dienone is 2. The number of anilines is 1. The quantitative estimate of drug-likeness (QED) is 0.280. The number of aliphatic imine (C=N–C) groups is 1. The van der Waals surface area contributed by atoms with E-state index in [1.165, 1.54) is 6.21 Å². The van der Waals surface area contributed by atoms with E-state index < -0.39 is 17.0 Å².